The summed E-state index contributed by atoms with van der Waals surface area (Å²) in [5.41, 5.74) is -0.790. The fourth-order valence-electron chi connectivity index (χ4n) is 1.34. The van der Waals surface area contributed by atoms with Gasteiger partial charge in [0.1, 0.15) is 21.8 Å². The maximum absolute atomic E-state index is 13.4. The maximum Gasteiger partial charge on any atom is 0.208 e. The van der Waals surface area contributed by atoms with Crippen molar-refractivity contribution in [3.05, 3.63) is 54.9 Å². The van der Waals surface area contributed by atoms with Gasteiger partial charge in [0.25, 0.3) is 0 Å². The van der Waals surface area contributed by atoms with Crippen LogP contribution in [0.3, 0.4) is 0 Å². The molecule has 1 nitrogen and oxygen atoms in total. The number of hydrogen-bond acceptors (Lipinski definition) is 2. The van der Waals surface area contributed by atoms with Crippen molar-refractivity contribution in [2.24, 2.45) is 0 Å². The van der Waals surface area contributed by atoms with E-state index in [2.05, 4.69) is 15.9 Å². The number of ketones is 1. The van der Waals surface area contributed by atoms with Crippen LogP contribution in [-0.2, 0) is 0 Å². The third-order valence-electron chi connectivity index (χ3n) is 2.10. The van der Waals surface area contributed by atoms with Crippen molar-refractivity contribution in [2.45, 2.75) is 0 Å². The van der Waals surface area contributed by atoms with Gasteiger partial charge in [-0.25, -0.2) is 13.2 Å². The number of carbonyl (C=O) groups excluding carboxylic acids is 1. The van der Waals surface area contributed by atoms with Crippen LogP contribution >= 0.6 is 38.9 Å². The first-order valence-electron chi connectivity index (χ1n) is 4.54. The Bertz CT molecular complexity index is 599. The lowest BCUT2D eigenvalue weighted by Crippen LogP contribution is -2.06. The second-order valence-electron chi connectivity index (χ2n) is 3.31. The van der Waals surface area contributed by atoms with E-state index >= 15 is 0 Å². The zero-order chi connectivity index (χ0) is 13.4. The van der Waals surface area contributed by atoms with Crippen molar-refractivity contribution < 1.29 is 18.0 Å². The molecule has 94 valence electrons. The van der Waals surface area contributed by atoms with Gasteiger partial charge in [-0.1, -0.05) is 11.6 Å². The smallest absolute Gasteiger partial charge is 0.208 e. The Morgan fingerprint density at radius 3 is 2.17 bits per heavy atom. The fraction of sp³-hybridized carbons (Fsp3) is 0. The lowest BCUT2D eigenvalue weighted by Gasteiger charge is -2.02. The summed E-state index contributed by atoms with van der Waals surface area (Å²) in [6.45, 7) is 0. The first-order valence-corrected chi connectivity index (χ1v) is 6.53. The molecule has 1 heterocycles. The van der Waals surface area contributed by atoms with E-state index in [-0.39, 0.29) is 4.88 Å². The summed E-state index contributed by atoms with van der Waals surface area (Å²) in [7, 11) is 0. The quantitative estimate of drug-likeness (QED) is 0.706. The van der Waals surface area contributed by atoms with Gasteiger partial charge in [0.15, 0.2) is 0 Å². The molecule has 0 bridgehead atoms. The number of halogens is 5. The van der Waals surface area contributed by atoms with Crippen molar-refractivity contribution >= 4 is 44.7 Å². The van der Waals surface area contributed by atoms with Gasteiger partial charge in [-0.3, -0.25) is 4.79 Å². The van der Waals surface area contributed by atoms with Crippen LogP contribution in [0.2, 0.25) is 4.34 Å². The molecule has 0 unspecified atom stereocenters. The highest BCUT2D eigenvalue weighted by atomic mass is 79.9. The van der Waals surface area contributed by atoms with Gasteiger partial charge in [-0.2, -0.15) is 0 Å². The Hall–Kier alpha value is -0.850. The summed E-state index contributed by atoms with van der Waals surface area (Å²) >= 11 is 9.70. The average molecular weight is 356 g/mol. The van der Waals surface area contributed by atoms with Crippen LogP contribution in [0.4, 0.5) is 13.2 Å². The van der Waals surface area contributed by atoms with Crippen molar-refractivity contribution in [2.75, 3.05) is 0 Å². The van der Waals surface area contributed by atoms with Crippen LogP contribution in [0.5, 0.6) is 0 Å². The third-order valence-corrected chi connectivity index (χ3v) is 4.58. The molecule has 0 fully saturated rings. The first-order chi connectivity index (χ1) is 8.40. The topological polar surface area (TPSA) is 17.1 Å². The van der Waals surface area contributed by atoms with Crippen molar-refractivity contribution in [1.82, 2.24) is 0 Å². The van der Waals surface area contributed by atoms with Crippen LogP contribution < -0.4 is 0 Å². The van der Waals surface area contributed by atoms with E-state index in [4.69, 9.17) is 11.6 Å². The summed E-state index contributed by atoms with van der Waals surface area (Å²) in [6.07, 6.45) is 0. The minimum atomic E-state index is -1.24. The molecule has 0 aliphatic rings. The molecular formula is C11H3BrClF3OS. The van der Waals surface area contributed by atoms with Crippen molar-refractivity contribution in [1.29, 1.82) is 0 Å². The predicted octanol–water partition coefficient (Wildman–Crippen LogP) is 4.81. The van der Waals surface area contributed by atoms with E-state index in [1.165, 1.54) is 6.07 Å². The van der Waals surface area contributed by atoms with Gasteiger partial charge in [-0.15, -0.1) is 11.3 Å². The second kappa shape index (κ2) is 5.03. The maximum atomic E-state index is 13.4. The molecule has 0 spiro atoms. The predicted molar refractivity (Wildman–Crippen MR) is 66.8 cm³/mol. The summed E-state index contributed by atoms with van der Waals surface area (Å²) in [5, 5.41) is 0. The standard InChI is InChI=1S/C11H3BrClF3OS/c12-5-3-8(18-11(5)13)10(17)9-6(15)1-4(14)2-7(9)16/h1-3H. The summed E-state index contributed by atoms with van der Waals surface area (Å²) < 4.78 is 40.3. The van der Waals surface area contributed by atoms with Crippen LogP contribution in [0.1, 0.15) is 15.2 Å². The lowest BCUT2D eigenvalue weighted by atomic mass is 10.1. The Kier molecular flexibility index (Phi) is 3.79. The molecular weight excluding hydrogens is 353 g/mol. The van der Waals surface area contributed by atoms with Gasteiger partial charge in [0.2, 0.25) is 5.78 Å². The summed E-state index contributed by atoms with van der Waals surface area (Å²) in [4.78, 5) is 12.0. The monoisotopic (exact) mass is 354 g/mol. The summed E-state index contributed by atoms with van der Waals surface area (Å²) in [5.74, 6) is -4.43. The molecule has 7 heteroatoms. The van der Waals surface area contributed by atoms with E-state index < -0.39 is 28.8 Å². The Morgan fingerprint density at radius 2 is 1.72 bits per heavy atom. The molecule has 0 N–H and O–H groups in total. The molecule has 18 heavy (non-hydrogen) atoms. The molecule has 0 atom stereocenters. The van der Waals surface area contributed by atoms with Gasteiger partial charge < -0.3 is 0 Å². The van der Waals surface area contributed by atoms with Crippen molar-refractivity contribution in [3.63, 3.8) is 0 Å². The van der Waals surface area contributed by atoms with Gasteiger partial charge in [0.05, 0.1) is 10.4 Å². The van der Waals surface area contributed by atoms with Gasteiger partial charge >= 0.3 is 0 Å². The number of carbonyl (C=O) groups is 1. The minimum Gasteiger partial charge on any atom is -0.287 e. The SMILES string of the molecule is O=C(c1cc(Br)c(Cl)s1)c1c(F)cc(F)cc1F. The molecule has 0 aliphatic carbocycles. The van der Waals surface area contributed by atoms with E-state index in [9.17, 15) is 18.0 Å². The first kappa shape index (κ1) is 13.6. The Morgan fingerprint density at radius 1 is 1.17 bits per heavy atom. The molecule has 2 aromatic rings. The minimum absolute atomic E-state index is 0.0660. The van der Waals surface area contributed by atoms with Crippen LogP contribution in [0, 0.1) is 17.5 Å². The highest BCUT2D eigenvalue weighted by Crippen LogP contribution is 2.33. The number of thiophene rings is 1. The summed E-state index contributed by atoms with van der Waals surface area (Å²) in [6, 6.07) is 2.28. The second-order valence-corrected chi connectivity index (χ2v) is 5.81. The molecule has 0 amide bonds. The van der Waals surface area contributed by atoms with E-state index in [0.29, 0.717) is 20.9 Å². The highest BCUT2D eigenvalue weighted by molar-refractivity contribution is 9.10. The largest absolute Gasteiger partial charge is 0.287 e. The van der Waals surface area contributed by atoms with Crippen LogP contribution in [0.15, 0.2) is 22.7 Å². The molecule has 0 radical (unpaired) electrons. The highest BCUT2D eigenvalue weighted by Gasteiger charge is 2.22. The molecule has 0 saturated carbocycles. The zero-order valence-electron chi connectivity index (χ0n) is 8.44. The number of benzene rings is 1. The van der Waals surface area contributed by atoms with Gasteiger partial charge in [-0.05, 0) is 22.0 Å². The molecule has 1 aromatic heterocycles. The molecule has 0 saturated heterocycles. The molecule has 1 aromatic carbocycles. The Balaban J connectivity index is 2.52. The van der Waals surface area contributed by atoms with E-state index in [1.807, 2.05) is 0 Å². The zero-order valence-corrected chi connectivity index (χ0v) is 11.6. The van der Waals surface area contributed by atoms with E-state index in [1.54, 1.807) is 0 Å². The number of rotatable bonds is 2. The van der Waals surface area contributed by atoms with Gasteiger partial charge in [0, 0.05) is 16.6 Å². The third kappa shape index (κ3) is 2.46. The fourth-order valence-corrected chi connectivity index (χ4v) is 2.99. The van der Waals surface area contributed by atoms with E-state index in [0.717, 1.165) is 11.3 Å². The van der Waals surface area contributed by atoms with Crippen molar-refractivity contribution in [3.8, 4) is 0 Å². The lowest BCUT2D eigenvalue weighted by molar-refractivity contribution is 0.103. The van der Waals surface area contributed by atoms with Crippen LogP contribution in [0.25, 0.3) is 0 Å². The normalized spacial score (nSPS) is 10.7. The Labute approximate surface area is 117 Å². The molecule has 2 rings (SSSR count). The average Bonchev–Trinajstić information content (AvgIpc) is 2.57. The number of hydrogen-bond donors (Lipinski definition) is 0. The molecule has 0 aliphatic heterocycles. The van der Waals surface area contributed by atoms with Crippen LogP contribution in [-0.4, -0.2) is 5.78 Å².